The number of nitrogens with zero attached hydrogens (tertiary/aromatic N) is 2. The first-order chi connectivity index (χ1) is 7.83. The van der Waals surface area contributed by atoms with E-state index in [2.05, 4.69) is 28.0 Å². The van der Waals surface area contributed by atoms with Crippen LogP contribution in [0.4, 0.5) is 0 Å². The lowest BCUT2D eigenvalue weighted by Crippen LogP contribution is -2.41. The van der Waals surface area contributed by atoms with E-state index < -0.39 is 0 Å². The molecule has 1 N–H and O–H groups in total. The van der Waals surface area contributed by atoms with Crippen molar-refractivity contribution >= 4 is 0 Å². The molecule has 0 radical (unpaired) electrons. The quantitative estimate of drug-likeness (QED) is 0.842. The summed E-state index contributed by atoms with van der Waals surface area (Å²) in [4.78, 5) is 4.32. The molecule has 3 rings (SSSR count). The predicted octanol–water partition coefficient (Wildman–Crippen LogP) is 2.01. The Hall–Kier alpha value is -0.830. The molecule has 0 aromatic carbocycles. The molecule has 2 fully saturated rings. The van der Waals surface area contributed by atoms with Crippen LogP contribution in [0.2, 0.25) is 0 Å². The second-order valence-corrected chi connectivity index (χ2v) is 5.61. The molecular weight excluding hydrogens is 198 g/mol. The van der Waals surface area contributed by atoms with Crippen molar-refractivity contribution in [3.63, 3.8) is 0 Å². The van der Waals surface area contributed by atoms with E-state index in [1.54, 1.807) is 0 Å². The molecule has 1 aromatic heterocycles. The van der Waals surface area contributed by atoms with Gasteiger partial charge in [-0.2, -0.15) is 0 Å². The van der Waals surface area contributed by atoms with Crippen LogP contribution in [0.25, 0.3) is 0 Å². The van der Waals surface area contributed by atoms with Crippen LogP contribution in [0.15, 0.2) is 12.5 Å². The first-order valence-corrected chi connectivity index (χ1v) is 6.53. The van der Waals surface area contributed by atoms with E-state index in [9.17, 15) is 0 Å². The average molecular weight is 219 g/mol. The molecule has 1 saturated heterocycles. The zero-order valence-electron chi connectivity index (χ0n) is 10.0. The molecule has 1 aromatic rings. The van der Waals surface area contributed by atoms with Gasteiger partial charge in [0.05, 0.1) is 6.33 Å². The second kappa shape index (κ2) is 4.21. The minimum Gasteiger partial charge on any atom is -0.334 e. The van der Waals surface area contributed by atoms with Gasteiger partial charge in [-0.1, -0.05) is 13.3 Å². The van der Waals surface area contributed by atoms with Crippen molar-refractivity contribution < 1.29 is 0 Å². The zero-order chi connectivity index (χ0) is 11.0. The van der Waals surface area contributed by atoms with Gasteiger partial charge in [0.1, 0.15) is 0 Å². The van der Waals surface area contributed by atoms with E-state index in [1.807, 2.05) is 6.33 Å². The van der Waals surface area contributed by atoms with Gasteiger partial charge in [0.2, 0.25) is 0 Å². The predicted molar refractivity (Wildman–Crippen MR) is 64.3 cm³/mol. The van der Waals surface area contributed by atoms with Crippen molar-refractivity contribution in [1.82, 2.24) is 14.9 Å². The highest BCUT2D eigenvalue weighted by Crippen LogP contribution is 2.32. The van der Waals surface area contributed by atoms with Crippen molar-refractivity contribution in [1.29, 1.82) is 0 Å². The van der Waals surface area contributed by atoms with Crippen molar-refractivity contribution in [3.8, 4) is 0 Å². The molecule has 3 nitrogen and oxygen atoms in total. The van der Waals surface area contributed by atoms with Crippen molar-refractivity contribution in [2.45, 2.75) is 38.6 Å². The second-order valence-electron chi connectivity index (χ2n) is 5.61. The molecule has 88 valence electrons. The third kappa shape index (κ3) is 1.88. The number of nitrogens with one attached hydrogen (secondary N) is 1. The van der Waals surface area contributed by atoms with Crippen LogP contribution in [-0.2, 0) is 6.54 Å². The van der Waals surface area contributed by atoms with E-state index in [0.29, 0.717) is 5.92 Å². The maximum atomic E-state index is 4.32. The van der Waals surface area contributed by atoms with Crippen molar-refractivity contribution in [2.75, 3.05) is 13.1 Å². The molecule has 2 atom stereocenters. The molecule has 1 aliphatic heterocycles. The monoisotopic (exact) mass is 219 g/mol. The smallest absolute Gasteiger partial charge is 0.0948 e. The molecule has 16 heavy (non-hydrogen) atoms. The molecular formula is C13H21N3. The Labute approximate surface area is 97.3 Å². The summed E-state index contributed by atoms with van der Waals surface area (Å²) in [7, 11) is 0. The Balaban J connectivity index is 1.67. The summed E-state index contributed by atoms with van der Waals surface area (Å²) >= 11 is 0. The van der Waals surface area contributed by atoms with Crippen molar-refractivity contribution in [2.24, 2.45) is 11.8 Å². The average Bonchev–Trinajstić information content (AvgIpc) is 2.75. The van der Waals surface area contributed by atoms with Crippen LogP contribution in [0.5, 0.6) is 0 Å². The van der Waals surface area contributed by atoms with Gasteiger partial charge in [0.25, 0.3) is 0 Å². The highest BCUT2D eigenvalue weighted by Gasteiger charge is 2.25. The lowest BCUT2D eigenvalue weighted by molar-refractivity contribution is 0.390. The number of imidazole rings is 1. The Morgan fingerprint density at radius 3 is 2.94 bits per heavy atom. The minimum absolute atomic E-state index is 0.710. The third-order valence-corrected chi connectivity index (χ3v) is 4.20. The molecule has 2 unspecified atom stereocenters. The summed E-state index contributed by atoms with van der Waals surface area (Å²) in [6.07, 6.45) is 8.31. The van der Waals surface area contributed by atoms with E-state index in [0.717, 1.165) is 24.9 Å². The highest BCUT2D eigenvalue weighted by atomic mass is 15.1. The van der Waals surface area contributed by atoms with Crippen molar-refractivity contribution in [3.05, 3.63) is 18.2 Å². The Bertz CT molecular complexity index is 354. The molecule has 0 spiro atoms. The lowest BCUT2D eigenvalue weighted by Gasteiger charge is -2.28. The highest BCUT2D eigenvalue weighted by molar-refractivity contribution is 5.11. The van der Waals surface area contributed by atoms with Crippen LogP contribution in [0.1, 0.15) is 37.8 Å². The molecule has 0 bridgehead atoms. The van der Waals surface area contributed by atoms with Crippen LogP contribution in [0.3, 0.4) is 0 Å². The van der Waals surface area contributed by atoms with Gasteiger partial charge in [-0.15, -0.1) is 0 Å². The molecule has 2 aliphatic rings. The Morgan fingerprint density at radius 1 is 1.44 bits per heavy atom. The Kier molecular flexibility index (Phi) is 2.72. The van der Waals surface area contributed by atoms with Gasteiger partial charge in [0, 0.05) is 37.4 Å². The molecule has 3 heteroatoms. The van der Waals surface area contributed by atoms with Gasteiger partial charge in [-0.05, 0) is 24.7 Å². The molecule has 0 amide bonds. The maximum absolute atomic E-state index is 4.32. The molecule has 2 heterocycles. The van der Waals surface area contributed by atoms with Gasteiger partial charge in [0.15, 0.2) is 0 Å². The summed E-state index contributed by atoms with van der Waals surface area (Å²) in [5, 5.41) is 3.34. The van der Waals surface area contributed by atoms with Gasteiger partial charge in [-0.25, -0.2) is 4.98 Å². The van der Waals surface area contributed by atoms with Crippen LogP contribution >= 0.6 is 0 Å². The largest absolute Gasteiger partial charge is 0.334 e. The standard InChI is InChI=1S/C13H21N3/c1-10-2-3-11(4-10)8-16-9-15-7-13(16)12-5-14-6-12/h7,9-12,14H,2-6,8H2,1H3. The van der Waals surface area contributed by atoms with E-state index >= 15 is 0 Å². The van der Waals surface area contributed by atoms with Crippen LogP contribution < -0.4 is 5.32 Å². The zero-order valence-corrected chi connectivity index (χ0v) is 10.0. The van der Waals surface area contributed by atoms with Gasteiger partial charge in [-0.3, -0.25) is 0 Å². The SMILES string of the molecule is CC1CCC(Cn2cncc2C2CNC2)C1. The van der Waals surface area contributed by atoms with E-state index in [1.165, 1.54) is 31.5 Å². The van der Waals surface area contributed by atoms with E-state index in [4.69, 9.17) is 0 Å². The van der Waals surface area contributed by atoms with Gasteiger partial charge < -0.3 is 9.88 Å². The number of aromatic nitrogens is 2. The first-order valence-electron chi connectivity index (χ1n) is 6.53. The molecule has 1 aliphatic carbocycles. The number of hydrogen-bond donors (Lipinski definition) is 1. The summed E-state index contributed by atoms with van der Waals surface area (Å²) in [5.41, 5.74) is 1.44. The third-order valence-electron chi connectivity index (χ3n) is 4.20. The topological polar surface area (TPSA) is 29.9 Å². The normalized spacial score (nSPS) is 30.6. The maximum Gasteiger partial charge on any atom is 0.0948 e. The Morgan fingerprint density at radius 2 is 2.31 bits per heavy atom. The van der Waals surface area contributed by atoms with Crippen LogP contribution in [0, 0.1) is 11.8 Å². The van der Waals surface area contributed by atoms with Gasteiger partial charge >= 0.3 is 0 Å². The first kappa shape index (κ1) is 10.3. The summed E-state index contributed by atoms with van der Waals surface area (Å²) in [5.74, 6) is 2.53. The van der Waals surface area contributed by atoms with E-state index in [-0.39, 0.29) is 0 Å². The number of rotatable bonds is 3. The fraction of sp³-hybridized carbons (Fsp3) is 0.769. The fourth-order valence-corrected chi connectivity index (χ4v) is 3.09. The lowest BCUT2D eigenvalue weighted by atomic mass is 9.99. The van der Waals surface area contributed by atoms with Crippen LogP contribution in [-0.4, -0.2) is 22.6 Å². The molecule has 1 saturated carbocycles. The minimum atomic E-state index is 0.710. The fourth-order valence-electron chi connectivity index (χ4n) is 3.09. The summed E-state index contributed by atoms with van der Waals surface area (Å²) < 4.78 is 2.40. The number of hydrogen-bond acceptors (Lipinski definition) is 2. The summed E-state index contributed by atoms with van der Waals surface area (Å²) in [6, 6.07) is 0. The summed E-state index contributed by atoms with van der Waals surface area (Å²) in [6.45, 7) is 5.83.